The topological polar surface area (TPSA) is 17.1 Å². The van der Waals surface area contributed by atoms with Crippen molar-refractivity contribution in [2.24, 2.45) is 0 Å². The summed E-state index contributed by atoms with van der Waals surface area (Å²) >= 11 is 0. The van der Waals surface area contributed by atoms with Crippen LogP contribution in [0, 0.1) is 13.8 Å². The van der Waals surface area contributed by atoms with Gasteiger partial charge >= 0.3 is 0 Å². The second-order valence-electron chi connectivity index (χ2n) is 5.16. The molecule has 1 aromatic rings. The van der Waals surface area contributed by atoms with Crippen molar-refractivity contribution >= 4 is 5.78 Å². The number of Topliss-reactive ketones (excluding diaryl/α,β-unsaturated/α-hetero) is 1. The number of benzene rings is 1. The largest absolute Gasteiger partial charge is 0.299 e. The minimum Gasteiger partial charge on any atom is -0.299 e. The Kier molecular flexibility index (Phi) is 2.22. The van der Waals surface area contributed by atoms with Gasteiger partial charge in [0.2, 0.25) is 0 Å². The third-order valence-electron chi connectivity index (χ3n) is 3.51. The van der Waals surface area contributed by atoms with E-state index >= 15 is 0 Å². The lowest BCUT2D eigenvalue weighted by molar-refractivity contribution is -0.124. The maximum Gasteiger partial charge on any atom is 0.143 e. The maximum absolute atomic E-state index is 11.9. The Balaban J connectivity index is 2.69. The van der Waals surface area contributed by atoms with Crippen LogP contribution in [0.1, 0.15) is 42.5 Å². The molecule has 0 saturated carbocycles. The van der Waals surface area contributed by atoms with E-state index in [4.69, 9.17) is 0 Å². The van der Waals surface area contributed by atoms with Gasteiger partial charge in [0.15, 0.2) is 0 Å². The molecule has 0 fully saturated rings. The summed E-state index contributed by atoms with van der Waals surface area (Å²) in [5.74, 6) is 0.377. The summed E-state index contributed by atoms with van der Waals surface area (Å²) < 4.78 is 0. The number of carbonyl (C=O) groups excluding carboxylic acids is 1. The minimum atomic E-state index is -0.286. The molecule has 0 N–H and O–H groups in total. The predicted molar refractivity (Wildman–Crippen MR) is 62.3 cm³/mol. The summed E-state index contributed by atoms with van der Waals surface area (Å²) in [6.45, 7) is 8.34. The molecule has 1 aliphatic carbocycles. The fourth-order valence-electron chi connectivity index (χ4n) is 2.85. The highest BCUT2D eigenvalue weighted by atomic mass is 16.1. The van der Waals surface area contributed by atoms with Gasteiger partial charge < -0.3 is 0 Å². The summed E-state index contributed by atoms with van der Waals surface area (Å²) in [5.41, 5.74) is 4.92. The van der Waals surface area contributed by atoms with Crippen molar-refractivity contribution in [2.45, 2.75) is 46.0 Å². The average Bonchev–Trinajstić information content (AvgIpc) is 2.10. The fraction of sp³-hybridized carbons (Fsp3) is 0.500. The fourth-order valence-corrected chi connectivity index (χ4v) is 2.85. The van der Waals surface area contributed by atoms with E-state index in [1.165, 1.54) is 22.3 Å². The number of hydrogen-bond donors (Lipinski definition) is 0. The van der Waals surface area contributed by atoms with Crippen LogP contribution in [0.3, 0.4) is 0 Å². The van der Waals surface area contributed by atoms with Crippen molar-refractivity contribution in [2.75, 3.05) is 0 Å². The zero-order chi connectivity index (χ0) is 11.2. The van der Waals surface area contributed by atoms with E-state index in [1.54, 1.807) is 0 Å². The van der Waals surface area contributed by atoms with Crippen molar-refractivity contribution in [1.29, 1.82) is 0 Å². The van der Waals surface area contributed by atoms with Gasteiger partial charge in [-0.05, 0) is 50.8 Å². The third kappa shape index (κ3) is 1.50. The molecule has 0 bridgehead atoms. The van der Waals surface area contributed by atoms with Crippen LogP contribution in [0.15, 0.2) is 12.1 Å². The lowest BCUT2D eigenvalue weighted by Gasteiger charge is -2.33. The molecular formula is C14H18O. The Morgan fingerprint density at radius 1 is 1.13 bits per heavy atom. The molecule has 0 radical (unpaired) electrons. The summed E-state index contributed by atoms with van der Waals surface area (Å²) in [7, 11) is 0. The van der Waals surface area contributed by atoms with Gasteiger partial charge in [-0.25, -0.2) is 0 Å². The highest BCUT2D eigenvalue weighted by Crippen LogP contribution is 2.36. The van der Waals surface area contributed by atoms with Crippen LogP contribution >= 0.6 is 0 Å². The first-order chi connectivity index (χ1) is 6.93. The quantitative estimate of drug-likeness (QED) is 0.632. The second kappa shape index (κ2) is 3.19. The Morgan fingerprint density at radius 3 is 2.47 bits per heavy atom. The van der Waals surface area contributed by atoms with Gasteiger partial charge in [-0.3, -0.25) is 4.79 Å². The van der Waals surface area contributed by atoms with Crippen molar-refractivity contribution < 1.29 is 4.79 Å². The molecule has 0 aromatic heterocycles. The zero-order valence-electron chi connectivity index (χ0n) is 9.98. The zero-order valence-corrected chi connectivity index (χ0v) is 9.98. The van der Waals surface area contributed by atoms with Crippen LogP contribution in [0.25, 0.3) is 0 Å². The van der Waals surface area contributed by atoms with E-state index in [-0.39, 0.29) is 5.41 Å². The highest BCUT2D eigenvalue weighted by molar-refractivity contribution is 5.92. The molecule has 0 amide bonds. The monoisotopic (exact) mass is 202 g/mol. The molecule has 1 nitrogen and oxygen atoms in total. The van der Waals surface area contributed by atoms with Crippen LogP contribution in [0.5, 0.6) is 0 Å². The lowest BCUT2D eigenvalue weighted by Crippen LogP contribution is -2.35. The van der Waals surface area contributed by atoms with Gasteiger partial charge in [-0.1, -0.05) is 17.7 Å². The van der Waals surface area contributed by atoms with Crippen LogP contribution < -0.4 is 0 Å². The molecule has 80 valence electrons. The van der Waals surface area contributed by atoms with E-state index in [2.05, 4.69) is 39.8 Å². The van der Waals surface area contributed by atoms with Crippen molar-refractivity contribution in [3.8, 4) is 0 Å². The van der Waals surface area contributed by atoms with Crippen LogP contribution in [0.2, 0.25) is 0 Å². The number of aryl methyl sites for hydroxylation is 3. The first kappa shape index (κ1) is 10.4. The molecule has 1 aromatic carbocycles. The molecule has 1 aliphatic rings. The van der Waals surface area contributed by atoms with Gasteiger partial charge in [-0.2, -0.15) is 0 Å². The molecule has 0 aliphatic heterocycles. The van der Waals surface area contributed by atoms with Crippen LogP contribution in [-0.4, -0.2) is 5.78 Å². The molecule has 15 heavy (non-hydrogen) atoms. The standard InChI is InChI=1S/C14H18O/c1-9-7-10(2)13-11(8-9)5-6-12(15)14(13,3)4/h7-8H,5-6H2,1-4H3. The lowest BCUT2D eigenvalue weighted by atomic mass is 9.70. The van der Waals surface area contributed by atoms with Crippen molar-refractivity contribution in [3.05, 3.63) is 34.4 Å². The van der Waals surface area contributed by atoms with E-state index in [1.807, 2.05) is 0 Å². The Bertz CT molecular complexity index is 427. The van der Waals surface area contributed by atoms with Crippen molar-refractivity contribution in [1.82, 2.24) is 0 Å². The number of carbonyl (C=O) groups is 1. The Labute approximate surface area is 91.5 Å². The van der Waals surface area contributed by atoms with Gasteiger partial charge in [0.05, 0.1) is 0 Å². The van der Waals surface area contributed by atoms with Crippen LogP contribution in [-0.2, 0) is 16.6 Å². The van der Waals surface area contributed by atoms with Gasteiger partial charge in [0.25, 0.3) is 0 Å². The Hall–Kier alpha value is -1.11. The molecule has 0 heterocycles. The SMILES string of the molecule is Cc1cc(C)c2c(c1)CCC(=O)C2(C)C. The molecule has 0 spiro atoms. The minimum absolute atomic E-state index is 0.286. The van der Waals surface area contributed by atoms with E-state index in [0.29, 0.717) is 12.2 Å². The number of hydrogen-bond acceptors (Lipinski definition) is 1. The first-order valence-corrected chi connectivity index (χ1v) is 5.57. The first-order valence-electron chi connectivity index (χ1n) is 5.57. The van der Waals surface area contributed by atoms with Gasteiger partial charge in [0, 0.05) is 11.8 Å². The normalized spacial score (nSPS) is 18.8. The number of fused-ring (bicyclic) bond motifs is 1. The molecule has 0 atom stereocenters. The Morgan fingerprint density at radius 2 is 1.80 bits per heavy atom. The van der Waals surface area contributed by atoms with Gasteiger partial charge in [0.1, 0.15) is 5.78 Å². The highest BCUT2D eigenvalue weighted by Gasteiger charge is 2.36. The van der Waals surface area contributed by atoms with Crippen molar-refractivity contribution in [3.63, 3.8) is 0 Å². The van der Waals surface area contributed by atoms with E-state index < -0.39 is 0 Å². The molecular weight excluding hydrogens is 184 g/mol. The molecule has 0 unspecified atom stereocenters. The maximum atomic E-state index is 11.9. The molecule has 1 heteroatoms. The summed E-state index contributed by atoms with van der Waals surface area (Å²) in [4.78, 5) is 11.9. The van der Waals surface area contributed by atoms with E-state index in [9.17, 15) is 4.79 Å². The van der Waals surface area contributed by atoms with Gasteiger partial charge in [-0.15, -0.1) is 0 Å². The smallest absolute Gasteiger partial charge is 0.143 e. The molecule has 2 rings (SSSR count). The summed E-state index contributed by atoms with van der Waals surface area (Å²) in [5, 5.41) is 0. The van der Waals surface area contributed by atoms with E-state index in [0.717, 1.165) is 6.42 Å². The predicted octanol–water partition coefficient (Wildman–Crippen LogP) is 3.10. The summed E-state index contributed by atoms with van der Waals surface area (Å²) in [6, 6.07) is 4.41. The number of rotatable bonds is 0. The van der Waals surface area contributed by atoms with Crippen LogP contribution in [0.4, 0.5) is 0 Å². The third-order valence-corrected chi connectivity index (χ3v) is 3.51. The molecule has 0 saturated heterocycles. The average molecular weight is 202 g/mol. The number of ketones is 1. The second-order valence-corrected chi connectivity index (χ2v) is 5.16. The summed E-state index contributed by atoms with van der Waals surface area (Å²) in [6.07, 6.45) is 1.61.